The van der Waals surface area contributed by atoms with Crippen LogP contribution >= 0.6 is 22.6 Å². The fourth-order valence-electron chi connectivity index (χ4n) is 2.02. The summed E-state index contributed by atoms with van der Waals surface area (Å²) >= 11 is 2.25. The highest BCUT2D eigenvalue weighted by atomic mass is 127. The van der Waals surface area contributed by atoms with E-state index in [0.29, 0.717) is 0 Å². The van der Waals surface area contributed by atoms with E-state index in [2.05, 4.69) is 57.3 Å². The molecule has 0 atom stereocenters. The highest BCUT2D eigenvalue weighted by Gasteiger charge is 2.25. The average molecular weight is 335 g/mol. The maximum atomic E-state index is 5.36. The van der Waals surface area contributed by atoms with Crippen LogP contribution in [-0.2, 0) is 10.3 Å². The third-order valence-corrected chi connectivity index (χ3v) is 3.47. The molecule has 0 aromatic carbocycles. The lowest BCUT2D eigenvalue weighted by molar-refractivity contribution is 0.0212. The zero-order chi connectivity index (χ0) is 11.6. The Kier molecular flexibility index (Phi) is 3.86. The number of morpholine rings is 1. The van der Waals surface area contributed by atoms with Crippen molar-refractivity contribution >= 4 is 22.6 Å². The van der Waals surface area contributed by atoms with Crippen LogP contribution in [0.4, 0.5) is 0 Å². The molecule has 1 aromatic rings. The Labute approximate surface area is 110 Å². The summed E-state index contributed by atoms with van der Waals surface area (Å²) in [7, 11) is 0. The summed E-state index contributed by atoms with van der Waals surface area (Å²) in [5.41, 5.74) is 0.0424. The van der Waals surface area contributed by atoms with E-state index in [4.69, 9.17) is 4.74 Å². The van der Waals surface area contributed by atoms with Crippen molar-refractivity contribution in [3.63, 3.8) is 0 Å². The fourth-order valence-corrected chi connectivity index (χ4v) is 2.41. The van der Waals surface area contributed by atoms with Crippen LogP contribution in [0.5, 0.6) is 0 Å². The van der Waals surface area contributed by atoms with E-state index in [1.54, 1.807) is 0 Å². The Morgan fingerprint density at radius 2 is 2.12 bits per heavy atom. The second kappa shape index (κ2) is 5.01. The van der Waals surface area contributed by atoms with Gasteiger partial charge in [-0.2, -0.15) is 5.10 Å². The number of aromatic nitrogens is 2. The van der Waals surface area contributed by atoms with Crippen LogP contribution in [0, 0.1) is 3.70 Å². The molecule has 0 unspecified atom stereocenters. The molecule has 1 fully saturated rings. The summed E-state index contributed by atoms with van der Waals surface area (Å²) in [6, 6.07) is 2.04. The normalized spacial score (nSPS) is 18.9. The van der Waals surface area contributed by atoms with Gasteiger partial charge in [0.15, 0.2) is 0 Å². The van der Waals surface area contributed by atoms with E-state index in [-0.39, 0.29) is 5.54 Å². The molecule has 0 amide bonds. The van der Waals surface area contributed by atoms with Crippen molar-refractivity contribution in [1.29, 1.82) is 0 Å². The molecule has 0 radical (unpaired) electrons. The second-order valence-electron chi connectivity index (χ2n) is 4.78. The molecular weight excluding hydrogens is 317 g/mol. The number of nitrogens with zero attached hydrogens (tertiary/aromatic N) is 3. The molecule has 1 aromatic heterocycles. The summed E-state index contributed by atoms with van der Waals surface area (Å²) in [4.78, 5) is 2.44. The summed E-state index contributed by atoms with van der Waals surface area (Å²) in [5, 5.41) is 4.49. The molecule has 2 rings (SSSR count). The minimum atomic E-state index is 0.0424. The highest BCUT2D eigenvalue weighted by Crippen LogP contribution is 2.17. The van der Waals surface area contributed by atoms with Crippen LogP contribution in [0.1, 0.15) is 13.8 Å². The Balaban J connectivity index is 2.01. The average Bonchev–Trinajstić information content (AvgIpc) is 2.66. The lowest BCUT2D eigenvalue weighted by Crippen LogP contribution is -2.46. The van der Waals surface area contributed by atoms with Gasteiger partial charge in [-0.1, -0.05) is 0 Å². The molecule has 0 saturated carbocycles. The molecular formula is C11H18IN3O. The SMILES string of the molecule is CC(C)(CN1CCOCC1)n1ccc(I)n1. The van der Waals surface area contributed by atoms with Crippen LogP contribution in [-0.4, -0.2) is 47.5 Å². The van der Waals surface area contributed by atoms with Crippen LogP contribution < -0.4 is 0 Å². The first-order valence-corrected chi connectivity index (χ1v) is 6.67. The van der Waals surface area contributed by atoms with Gasteiger partial charge in [-0.25, -0.2) is 0 Å². The summed E-state index contributed by atoms with van der Waals surface area (Å²) in [5.74, 6) is 0. The van der Waals surface area contributed by atoms with Gasteiger partial charge in [0.1, 0.15) is 3.70 Å². The molecule has 16 heavy (non-hydrogen) atoms. The first kappa shape index (κ1) is 12.3. The quantitative estimate of drug-likeness (QED) is 0.786. The van der Waals surface area contributed by atoms with Gasteiger partial charge in [0, 0.05) is 25.8 Å². The van der Waals surface area contributed by atoms with Gasteiger partial charge in [-0.3, -0.25) is 9.58 Å². The molecule has 1 aliphatic heterocycles. The molecule has 0 aliphatic carbocycles. The van der Waals surface area contributed by atoms with Gasteiger partial charge in [0.25, 0.3) is 0 Å². The van der Waals surface area contributed by atoms with Gasteiger partial charge in [-0.05, 0) is 42.5 Å². The van der Waals surface area contributed by atoms with Gasteiger partial charge in [-0.15, -0.1) is 0 Å². The van der Waals surface area contributed by atoms with Crippen LogP contribution in [0.2, 0.25) is 0 Å². The van der Waals surface area contributed by atoms with E-state index < -0.39 is 0 Å². The largest absolute Gasteiger partial charge is 0.379 e. The molecule has 0 spiro atoms. The van der Waals surface area contributed by atoms with Gasteiger partial charge >= 0.3 is 0 Å². The van der Waals surface area contributed by atoms with E-state index in [1.807, 2.05) is 6.07 Å². The summed E-state index contributed by atoms with van der Waals surface area (Å²) in [6.07, 6.45) is 2.06. The monoisotopic (exact) mass is 335 g/mol. The topological polar surface area (TPSA) is 30.3 Å². The van der Waals surface area contributed by atoms with Crippen molar-refractivity contribution in [2.24, 2.45) is 0 Å². The fraction of sp³-hybridized carbons (Fsp3) is 0.727. The van der Waals surface area contributed by atoms with Crippen LogP contribution in [0.3, 0.4) is 0 Å². The summed E-state index contributed by atoms with van der Waals surface area (Å²) in [6.45, 7) is 9.24. The predicted molar refractivity (Wildman–Crippen MR) is 71.5 cm³/mol. The number of hydrogen-bond donors (Lipinski definition) is 0. The minimum absolute atomic E-state index is 0.0424. The third kappa shape index (κ3) is 2.95. The number of ether oxygens (including phenoxy) is 1. The lowest BCUT2D eigenvalue weighted by atomic mass is 10.1. The molecule has 0 bridgehead atoms. The Morgan fingerprint density at radius 3 is 2.69 bits per heavy atom. The first-order valence-electron chi connectivity index (χ1n) is 5.60. The van der Waals surface area contributed by atoms with E-state index in [0.717, 1.165) is 36.5 Å². The smallest absolute Gasteiger partial charge is 0.123 e. The zero-order valence-electron chi connectivity index (χ0n) is 9.82. The van der Waals surface area contributed by atoms with Crippen molar-refractivity contribution in [3.05, 3.63) is 16.0 Å². The molecule has 0 N–H and O–H groups in total. The second-order valence-corrected chi connectivity index (χ2v) is 5.89. The standard InChI is InChI=1S/C11H18IN3O/c1-11(2,15-4-3-10(12)13-15)9-14-5-7-16-8-6-14/h3-4H,5-9H2,1-2H3. The maximum absolute atomic E-state index is 5.36. The molecule has 2 heterocycles. The van der Waals surface area contributed by atoms with Crippen LogP contribution in [0.15, 0.2) is 12.3 Å². The molecule has 1 aliphatic rings. The number of hydrogen-bond acceptors (Lipinski definition) is 3. The zero-order valence-corrected chi connectivity index (χ0v) is 12.0. The minimum Gasteiger partial charge on any atom is -0.379 e. The van der Waals surface area contributed by atoms with E-state index in [1.165, 1.54) is 0 Å². The lowest BCUT2D eigenvalue weighted by Gasteiger charge is -2.35. The Hall–Kier alpha value is -0.140. The van der Waals surface area contributed by atoms with Gasteiger partial charge in [0.05, 0.1) is 18.8 Å². The number of halogens is 1. The van der Waals surface area contributed by atoms with Crippen molar-refractivity contribution < 1.29 is 4.74 Å². The Bertz CT molecular complexity index is 345. The highest BCUT2D eigenvalue weighted by molar-refractivity contribution is 14.1. The van der Waals surface area contributed by atoms with Gasteiger partial charge in [0.2, 0.25) is 0 Å². The summed E-state index contributed by atoms with van der Waals surface area (Å²) < 4.78 is 8.47. The Morgan fingerprint density at radius 1 is 1.44 bits per heavy atom. The van der Waals surface area contributed by atoms with Crippen molar-refractivity contribution in [2.45, 2.75) is 19.4 Å². The van der Waals surface area contributed by atoms with E-state index in [9.17, 15) is 0 Å². The molecule has 90 valence electrons. The molecule has 4 nitrogen and oxygen atoms in total. The van der Waals surface area contributed by atoms with E-state index >= 15 is 0 Å². The third-order valence-electron chi connectivity index (χ3n) is 2.89. The van der Waals surface area contributed by atoms with Gasteiger partial charge < -0.3 is 4.74 Å². The predicted octanol–water partition coefficient (Wildman–Crippen LogP) is 1.55. The van der Waals surface area contributed by atoms with Crippen molar-refractivity contribution in [1.82, 2.24) is 14.7 Å². The van der Waals surface area contributed by atoms with Crippen molar-refractivity contribution in [3.8, 4) is 0 Å². The van der Waals surface area contributed by atoms with Crippen molar-refractivity contribution in [2.75, 3.05) is 32.8 Å². The molecule has 5 heteroatoms. The first-order chi connectivity index (χ1) is 7.58. The maximum Gasteiger partial charge on any atom is 0.123 e. The van der Waals surface area contributed by atoms with Crippen LogP contribution in [0.25, 0.3) is 0 Å². The molecule has 1 saturated heterocycles. The number of rotatable bonds is 3.